The van der Waals surface area contributed by atoms with Gasteiger partial charge in [0.2, 0.25) is 10.0 Å². The van der Waals surface area contributed by atoms with E-state index >= 15 is 0 Å². The van der Waals surface area contributed by atoms with E-state index in [1.165, 1.54) is 0 Å². The maximum absolute atomic E-state index is 11.7. The summed E-state index contributed by atoms with van der Waals surface area (Å²) >= 11 is 3.25. The van der Waals surface area contributed by atoms with Crippen molar-refractivity contribution >= 4 is 38.4 Å². The molecule has 4 nitrogen and oxygen atoms in total. The van der Waals surface area contributed by atoms with Gasteiger partial charge in [-0.3, -0.25) is 0 Å². The molecule has 1 aromatic rings. The summed E-state index contributed by atoms with van der Waals surface area (Å²) in [6, 6.07) is 6.52. The Morgan fingerprint density at radius 2 is 1.75 bits per heavy atom. The highest BCUT2D eigenvalue weighted by atomic mass is 79.9. The van der Waals surface area contributed by atoms with Crippen LogP contribution in [0.3, 0.4) is 0 Å². The Morgan fingerprint density at radius 1 is 1.19 bits per heavy atom. The third-order valence-corrected chi connectivity index (χ3v) is 3.80. The van der Waals surface area contributed by atoms with E-state index in [0.29, 0.717) is 13.1 Å². The standard InChI is InChI=1S/C9H13BrN2O2S.ClH/c1-11-6-7-12-15(13,14)9-4-2-8(10)3-5-9;/h2-5,11-12H,6-7H2,1H3;1H. The lowest BCUT2D eigenvalue weighted by Gasteiger charge is -2.06. The van der Waals surface area contributed by atoms with E-state index in [2.05, 4.69) is 26.0 Å². The third kappa shape index (κ3) is 4.80. The van der Waals surface area contributed by atoms with E-state index < -0.39 is 10.0 Å². The Kier molecular flexibility index (Phi) is 7.17. The fraction of sp³-hybridized carbons (Fsp3) is 0.333. The van der Waals surface area contributed by atoms with E-state index in [1.54, 1.807) is 31.3 Å². The van der Waals surface area contributed by atoms with Crippen molar-refractivity contribution < 1.29 is 8.42 Å². The molecule has 1 aromatic carbocycles. The van der Waals surface area contributed by atoms with Crippen molar-refractivity contribution in [2.24, 2.45) is 0 Å². The molecular formula is C9H14BrClN2O2S. The number of rotatable bonds is 5. The summed E-state index contributed by atoms with van der Waals surface area (Å²) in [6.45, 7) is 0.991. The van der Waals surface area contributed by atoms with Crippen molar-refractivity contribution in [3.05, 3.63) is 28.7 Å². The van der Waals surface area contributed by atoms with Crippen LogP contribution in [0.5, 0.6) is 0 Å². The molecule has 16 heavy (non-hydrogen) atoms. The summed E-state index contributed by atoms with van der Waals surface area (Å²) in [6.07, 6.45) is 0. The zero-order valence-electron chi connectivity index (χ0n) is 8.73. The number of hydrogen-bond acceptors (Lipinski definition) is 3. The summed E-state index contributed by atoms with van der Waals surface area (Å²) in [5.74, 6) is 0. The van der Waals surface area contributed by atoms with Gasteiger partial charge in [-0.2, -0.15) is 0 Å². The topological polar surface area (TPSA) is 58.2 Å². The van der Waals surface area contributed by atoms with Gasteiger partial charge in [0, 0.05) is 17.6 Å². The first-order valence-electron chi connectivity index (χ1n) is 4.46. The molecule has 0 spiro atoms. The Hall–Kier alpha value is -0.140. The SMILES string of the molecule is CNCCNS(=O)(=O)c1ccc(Br)cc1.Cl. The van der Waals surface area contributed by atoms with Crippen molar-refractivity contribution in [3.8, 4) is 0 Å². The second-order valence-corrected chi connectivity index (χ2v) is 5.64. The van der Waals surface area contributed by atoms with Gasteiger partial charge < -0.3 is 5.32 Å². The fourth-order valence-electron chi connectivity index (χ4n) is 1.01. The van der Waals surface area contributed by atoms with E-state index in [9.17, 15) is 8.42 Å². The number of halogens is 2. The van der Waals surface area contributed by atoms with Crippen LogP contribution in [0.15, 0.2) is 33.6 Å². The minimum Gasteiger partial charge on any atom is -0.318 e. The van der Waals surface area contributed by atoms with E-state index in [0.717, 1.165) is 4.47 Å². The zero-order chi connectivity index (χ0) is 11.3. The zero-order valence-corrected chi connectivity index (χ0v) is 12.0. The Morgan fingerprint density at radius 3 is 2.25 bits per heavy atom. The summed E-state index contributed by atoms with van der Waals surface area (Å²) in [7, 11) is -1.59. The second-order valence-electron chi connectivity index (χ2n) is 2.96. The highest BCUT2D eigenvalue weighted by Crippen LogP contribution is 2.14. The van der Waals surface area contributed by atoms with E-state index in [4.69, 9.17) is 0 Å². The molecule has 0 aliphatic carbocycles. The predicted octanol–water partition coefficient (Wildman–Crippen LogP) is 1.37. The summed E-state index contributed by atoms with van der Waals surface area (Å²) < 4.78 is 26.7. The fourth-order valence-corrected chi connectivity index (χ4v) is 2.30. The second kappa shape index (κ2) is 7.24. The van der Waals surface area contributed by atoms with Gasteiger partial charge in [0.15, 0.2) is 0 Å². The van der Waals surface area contributed by atoms with Crippen molar-refractivity contribution in [2.75, 3.05) is 20.1 Å². The van der Waals surface area contributed by atoms with Crippen molar-refractivity contribution in [3.63, 3.8) is 0 Å². The molecule has 1 rings (SSSR count). The van der Waals surface area contributed by atoms with Crippen LogP contribution in [0, 0.1) is 0 Å². The Bertz CT molecular complexity index is 408. The number of benzene rings is 1. The molecule has 2 N–H and O–H groups in total. The third-order valence-electron chi connectivity index (χ3n) is 1.79. The van der Waals surface area contributed by atoms with Crippen molar-refractivity contribution in [1.29, 1.82) is 0 Å². The van der Waals surface area contributed by atoms with Crippen LogP contribution in [-0.2, 0) is 10.0 Å². The van der Waals surface area contributed by atoms with Gasteiger partial charge in [-0.1, -0.05) is 15.9 Å². The minimum absolute atomic E-state index is 0. The molecule has 0 bridgehead atoms. The lowest BCUT2D eigenvalue weighted by atomic mass is 10.4. The van der Waals surface area contributed by atoms with Crippen LogP contribution in [-0.4, -0.2) is 28.6 Å². The first-order chi connectivity index (χ1) is 7.06. The highest BCUT2D eigenvalue weighted by molar-refractivity contribution is 9.10. The van der Waals surface area contributed by atoms with Gasteiger partial charge in [-0.25, -0.2) is 13.1 Å². The molecular weight excluding hydrogens is 316 g/mol. The number of sulfonamides is 1. The van der Waals surface area contributed by atoms with E-state index in [1.807, 2.05) is 0 Å². The van der Waals surface area contributed by atoms with Crippen LogP contribution < -0.4 is 10.0 Å². The molecule has 0 aliphatic heterocycles. The number of hydrogen-bond donors (Lipinski definition) is 2. The monoisotopic (exact) mass is 328 g/mol. The van der Waals surface area contributed by atoms with Gasteiger partial charge >= 0.3 is 0 Å². The van der Waals surface area contributed by atoms with Crippen LogP contribution in [0.1, 0.15) is 0 Å². The van der Waals surface area contributed by atoms with Crippen LogP contribution in [0.2, 0.25) is 0 Å². The summed E-state index contributed by atoms with van der Waals surface area (Å²) in [5, 5.41) is 2.87. The largest absolute Gasteiger partial charge is 0.318 e. The molecule has 0 saturated carbocycles. The Balaban J connectivity index is 0.00000225. The molecule has 7 heteroatoms. The maximum Gasteiger partial charge on any atom is 0.240 e. The molecule has 0 atom stereocenters. The predicted molar refractivity (Wildman–Crippen MR) is 70.5 cm³/mol. The number of likely N-dealkylation sites (N-methyl/N-ethyl adjacent to an activating group) is 1. The minimum atomic E-state index is -3.36. The van der Waals surface area contributed by atoms with Crippen molar-refractivity contribution in [1.82, 2.24) is 10.0 Å². The molecule has 92 valence electrons. The molecule has 0 unspecified atom stereocenters. The highest BCUT2D eigenvalue weighted by Gasteiger charge is 2.11. The first-order valence-corrected chi connectivity index (χ1v) is 6.74. The summed E-state index contributed by atoms with van der Waals surface area (Å²) in [4.78, 5) is 0.279. The average Bonchev–Trinajstić information content (AvgIpc) is 2.18. The molecule has 0 aromatic heterocycles. The van der Waals surface area contributed by atoms with Crippen LogP contribution >= 0.6 is 28.3 Å². The normalized spacial score (nSPS) is 10.9. The molecule has 0 amide bonds. The smallest absolute Gasteiger partial charge is 0.240 e. The maximum atomic E-state index is 11.7. The Labute approximate surface area is 110 Å². The van der Waals surface area contributed by atoms with Crippen LogP contribution in [0.25, 0.3) is 0 Å². The van der Waals surface area contributed by atoms with Gasteiger partial charge in [0.1, 0.15) is 0 Å². The van der Waals surface area contributed by atoms with Gasteiger partial charge in [0.25, 0.3) is 0 Å². The average molecular weight is 330 g/mol. The lowest BCUT2D eigenvalue weighted by molar-refractivity contribution is 0.579. The quantitative estimate of drug-likeness (QED) is 0.802. The van der Waals surface area contributed by atoms with Crippen molar-refractivity contribution in [2.45, 2.75) is 4.90 Å². The van der Waals surface area contributed by atoms with Gasteiger partial charge in [-0.15, -0.1) is 12.4 Å². The first kappa shape index (κ1) is 15.9. The lowest BCUT2D eigenvalue weighted by Crippen LogP contribution is -2.30. The van der Waals surface area contributed by atoms with Gasteiger partial charge in [0.05, 0.1) is 4.90 Å². The molecule has 0 radical (unpaired) electrons. The van der Waals surface area contributed by atoms with Gasteiger partial charge in [-0.05, 0) is 31.3 Å². The molecule has 0 heterocycles. The number of nitrogens with one attached hydrogen (secondary N) is 2. The molecule has 0 aliphatic rings. The molecule has 0 fully saturated rings. The molecule has 0 saturated heterocycles. The van der Waals surface area contributed by atoms with Crippen LogP contribution in [0.4, 0.5) is 0 Å². The van der Waals surface area contributed by atoms with E-state index in [-0.39, 0.29) is 17.3 Å². The summed E-state index contributed by atoms with van der Waals surface area (Å²) in [5.41, 5.74) is 0.